The topological polar surface area (TPSA) is 86.4 Å². The van der Waals surface area contributed by atoms with Crippen molar-refractivity contribution in [1.29, 1.82) is 0 Å². The maximum Gasteiger partial charge on any atom is 0.261 e. The van der Waals surface area contributed by atoms with Crippen LogP contribution in [0.1, 0.15) is 12.0 Å². The van der Waals surface area contributed by atoms with Crippen LogP contribution in [-0.4, -0.2) is 54.0 Å². The van der Waals surface area contributed by atoms with Crippen LogP contribution in [0, 0.1) is 0 Å². The summed E-state index contributed by atoms with van der Waals surface area (Å²) in [5.41, 5.74) is 8.09. The number of nitrogens with zero attached hydrogens (tertiary/aromatic N) is 5. The van der Waals surface area contributed by atoms with Gasteiger partial charge in [0.15, 0.2) is 0 Å². The number of pyridine rings is 3. The zero-order valence-corrected chi connectivity index (χ0v) is 20.4. The summed E-state index contributed by atoms with van der Waals surface area (Å²) in [5.74, 6) is -2.61. The molecule has 0 spiro atoms. The summed E-state index contributed by atoms with van der Waals surface area (Å²) in [7, 11) is 0. The van der Waals surface area contributed by atoms with E-state index in [0.29, 0.717) is 13.1 Å². The highest BCUT2D eigenvalue weighted by Crippen LogP contribution is 2.35. The van der Waals surface area contributed by atoms with E-state index in [1.165, 1.54) is 0 Å². The van der Waals surface area contributed by atoms with Gasteiger partial charge in [-0.25, -0.2) is 8.78 Å². The van der Waals surface area contributed by atoms with Crippen molar-refractivity contribution in [3.63, 3.8) is 0 Å². The van der Waals surface area contributed by atoms with E-state index in [1.807, 2.05) is 24.5 Å². The molecule has 1 fully saturated rings. The minimum Gasteiger partial charge on any atom is -0.352 e. The number of nitrogens with one attached hydrogen (secondary N) is 2. The van der Waals surface area contributed by atoms with E-state index in [9.17, 15) is 8.78 Å². The van der Waals surface area contributed by atoms with E-state index < -0.39 is 5.92 Å². The molecular weight excluding hydrogens is 492 g/mol. The third-order valence-corrected chi connectivity index (χ3v) is 7.51. The Labute approximate surface area is 214 Å². The van der Waals surface area contributed by atoms with Gasteiger partial charge in [-0.1, -0.05) is 0 Å². The first kappa shape index (κ1) is 22.2. The Morgan fingerprint density at radius 2 is 1.89 bits per heavy atom. The maximum absolute atomic E-state index is 13.6. The lowest BCUT2D eigenvalue weighted by atomic mass is 10.1. The molecular formula is C27H21F2N7S. The first-order chi connectivity index (χ1) is 18.0. The van der Waals surface area contributed by atoms with E-state index in [1.54, 1.807) is 34.8 Å². The molecule has 10 heteroatoms. The molecule has 1 aliphatic rings. The molecule has 0 aliphatic carbocycles. The minimum absolute atomic E-state index is 0.0970. The zero-order chi connectivity index (χ0) is 25.0. The standard InChI is InChI=1S/C27H21F2N7S/c28-27(29)2-3-36(15-27)13-16-5-18(9-30-8-16)22-7-20-25(12-32-22)34-35-26(20)23-6-19-21(17-1-4-37-14-17)10-31-11-24(19)33-23/h1,4-12,14,33H,2-3,13,15H2,(H,34,35). The van der Waals surface area contributed by atoms with Crippen LogP contribution in [0.15, 0.2) is 66.0 Å². The normalized spacial score (nSPS) is 15.7. The first-order valence-corrected chi connectivity index (χ1v) is 12.8. The van der Waals surface area contributed by atoms with E-state index >= 15 is 0 Å². The second-order valence-electron chi connectivity index (χ2n) is 9.43. The molecule has 7 heterocycles. The number of alkyl halides is 2. The highest BCUT2D eigenvalue weighted by atomic mass is 32.1. The van der Waals surface area contributed by atoms with Gasteiger partial charge in [0.1, 0.15) is 5.69 Å². The molecule has 0 amide bonds. The SMILES string of the molecule is FC1(F)CCN(Cc2cncc(-c3cc4c(-c5cc6c(-c7ccsc7)cncc6[nH]5)n[nH]c4cn3)c2)C1. The van der Waals surface area contributed by atoms with Crippen molar-refractivity contribution < 1.29 is 8.78 Å². The molecule has 0 saturated carbocycles. The highest BCUT2D eigenvalue weighted by Gasteiger charge is 2.37. The Hall–Kier alpha value is -4.02. The van der Waals surface area contributed by atoms with Gasteiger partial charge >= 0.3 is 0 Å². The third kappa shape index (κ3) is 4.08. The Balaban J connectivity index is 1.24. The average molecular weight is 514 g/mol. The van der Waals surface area contributed by atoms with Crippen molar-refractivity contribution in [3.05, 3.63) is 71.6 Å². The van der Waals surface area contributed by atoms with Gasteiger partial charge < -0.3 is 4.98 Å². The largest absolute Gasteiger partial charge is 0.352 e. The average Bonchev–Trinajstić information content (AvgIpc) is 3.69. The minimum atomic E-state index is -2.61. The highest BCUT2D eigenvalue weighted by molar-refractivity contribution is 7.08. The van der Waals surface area contributed by atoms with Crippen LogP contribution in [0.2, 0.25) is 0 Å². The van der Waals surface area contributed by atoms with Crippen molar-refractivity contribution in [2.24, 2.45) is 0 Å². The number of thiophene rings is 1. The van der Waals surface area contributed by atoms with E-state index in [2.05, 4.69) is 53.0 Å². The Kier molecular flexibility index (Phi) is 5.12. The summed E-state index contributed by atoms with van der Waals surface area (Å²) in [5, 5.41) is 13.8. The fourth-order valence-electron chi connectivity index (χ4n) is 5.02. The predicted molar refractivity (Wildman–Crippen MR) is 140 cm³/mol. The van der Waals surface area contributed by atoms with Gasteiger partial charge in [-0.3, -0.25) is 25.0 Å². The van der Waals surface area contributed by atoms with Gasteiger partial charge in [0.2, 0.25) is 0 Å². The smallest absolute Gasteiger partial charge is 0.261 e. The maximum atomic E-state index is 13.6. The molecule has 184 valence electrons. The van der Waals surface area contributed by atoms with Crippen LogP contribution in [0.4, 0.5) is 8.78 Å². The van der Waals surface area contributed by atoms with Crippen molar-refractivity contribution in [2.75, 3.05) is 13.1 Å². The molecule has 1 aliphatic heterocycles. The van der Waals surface area contributed by atoms with E-state index in [-0.39, 0.29) is 13.0 Å². The van der Waals surface area contributed by atoms with Crippen LogP contribution < -0.4 is 0 Å². The van der Waals surface area contributed by atoms with Crippen molar-refractivity contribution in [3.8, 4) is 33.8 Å². The van der Waals surface area contributed by atoms with Crippen LogP contribution in [-0.2, 0) is 6.54 Å². The van der Waals surface area contributed by atoms with Crippen molar-refractivity contribution >= 4 is 33.1 Å². The van der Waals surface area contributed by atoms with Gasteiger partial charge in [0.05, 0.1) is 41.4 Å². The Bertz CT molecular complexity index is 1740. The third-order valence-electron chi connectivity index (χ3n) is 6.83. The van der Waals surface area contributed by atoms with Crippen LogP contribution in [0.3, 0.4) is 0 Å². The molecule has 6 aromatic heterocycles. The molecule has 0 atom stereocenters. The number of hydrogen-bond acceptors (Lipinski definition) is 6. The molecule has 2 N–H and O–H groups in total. The van der Waals surface area contributed by atoms with Gasteiger partial charge in [-0.2, -0.15) is 16.4 Å². The summed E-state index contributed by atoms with van der Waals surface area (Å²) >= 11 is 1.66. The number of fused-ring (bicyclic) bond motifs is 2. The van der Waals surface area contributed by atoms with E-state index in [0.717, 1.165) is 61.1 Å². The summed E-state index contributed by atoms with van der Waals surface area (Å²) < 4.78 is 27.2. The number of rotatable bonds is 5. The van der Waals surface area contributed by atoms with Gasteiger partial charge in [0.25, 0.3) is 5.92 Å². The molecule has 0 unspecified atom stereocenters. The van der Waals surface area contributed by atoms with Gasteiger partial charge in [-0.05, 0) is 46.2 Å². The summed E-state index contributed by atoms with van der Waals surface area (Å²) in [6.07, 6.45) is 8.85. The number of likely N-dealkylation sites (tertiary alicyclic amines) is 1. The fraction of sp³-hybridized carbons (Fsp3) is 0.185. The number of aromatic amines is 2. The summed E-state index contributed by atoms with van der Waals surface area (Å²) in [6, 6.07) is 8.16. The second-order valence-corrected chi connectivity index (χ2v) is 10.2. The molecule has 0 radical (unpaired) electrons. The predicted octanol–water partition coefficient (Wildman–Crippen LogP) is 6.13. The fourth-order valence-corrected chi connectivity index (χ4v) is 5.68. The number of halogens is 2. The van der Waals surface area contributed by atoms with Crippen molar-refractivity contribution in [1.82, 2.24) is 35.0 Å². The zero-order valence-electron chi connectivity index (χ0n) is 19.6. The van der Waals surface area contributed by atoms with Crippen LogP contribution >= 0.6 is 11.3 Å². The molecule has 0 bridgehead atoms. The van der Waals surface area contributed by atoms with Crippen LogP contribution in [0.25, 0.3) is 55.6 Å². The quantitative estimate of drug-likeness (QED) is 0.290. The summed E-state index contributed by atoms with van der Waals surface area (Å²) in [6.45, 7) is 0.604. The second kappa shape index (κ2) is 8.53. The molecule has 0 aromatic carbocycles. The number of hydrogen-bond donors (Lipinski definition) is 2. The number of H-pyrrole nitrogens is 2. The van der Waals surface area contributed by atoms with Gasteiger partial charge in [0, 0.05) is 60.0 Å². The van der Waals surface area contributed by atoms with Crippen molar-refractivity contribution in [2.45, 2.75) is 18.9 Å². The molecule has 7 nitrogen and oxygen atoms in total. The lowest BCUT2D eigenvalue weighted by Gasteiger charge is -2.15. The van der Waals surface area contributed by atoms with Gasteiger partial charge in [-0.15, -0.1) is 0 Å². The molecule has 37 heavy (non-hydrogen) atoms. The lowest BCUT2D eigenvalue weighted by Crippen LogP contribution is -2.24. The first-order valence-electron chi connectivity index (χ1n) is 11.9. The van der Waals surface area contributed by atoms with Crippen LogP contribution in [0.5, 0.6) is 0 Å². The molecule has 7 rings (SSSR count). The summed E-state index contributed by atoms with van der Waals surface area (Å²) in [4.78, 5) is 18.6. The molecule has 6 aromatic rings. The molecule has 1 saturated heterocycles. The Morgan fingerprint density at radius 1 is 0.973 bits per heavy atom. The monoisotopic (exact) mass is 513 g/mol. The Morgan fingerprint density at radius 3 is 2.73 bits per heavy atom. The number of aromatic nitrogens is 6. The van der Waals surface area contributed by atoms with E-state index in [4.69, 9.17) is 0 Å². The lowest BCUT2D eigenvalue weighted by molar-refractivity contribution is 0.0115.